The molecule has 1 aliphatic carbocycles. The van der Waals surface area contributed by atoms with Crippen LogP contribution in [-0.2, 0) is 22.4 Å². The highest BCUT2D eigenvalue weighted by atomic mass is 32.1. The average molecular weight is 323 g/mol. The second-order valence-electron chi connectivity index (χ2n) is 5.76. The highest BCUT2D eigenvalue weighted by molar-refractivity contribution is 7.17. The maximum absolute atomic E-state index is 12.4. The highest BCUT2D eigenvalue weighted by Gasteiger charge is 2.27. The van der Waals surface area contributed by atoms with Crippen LogP contribution in [0.15, 0.2) is 0 Å². The summed E-state index contributed by atoms with van der Waals surface area (Å²) < 4.78 is 4.95. The zero-order chi connectivity index (χ0) is 16.1. The predicted molar refractivity (Wildman–Crippen MR) is 89.6 cm³/mol. The highest BCUT2D eigenvalue weighted by Crippen LogP contribution is 2.38. The Morgan fingerprint density at radius 2 is 1.86 bits per heavy atom. The molecule has 0 aliphatic heterocycles. The number of thiophene rings is 1. The van der Waals surface area contributed by atoms with Gasteiger partial charge in [-0.15, -0.1) is 11.3 Å². The van der Waals surface area contributed by atoms with Crippen LogP contribution in [0.25, 0.3) is 0 Å². The van der Waals surface area contributed by atoms with E-state index >= 15 is 0 Å². The molecule has 1 amide bonds. The fraction of sp³-hybridized carbons (Fsp3) is 0.647. The lowest BCUT2D eigenvalue weighted by Crippen LogP contribution is -2.22. The van der Waals surface area contributed by atoms with Gasteiger partial charge in [0, 0.05) is 10.8 Å². The van der Waals surface area contributed by atoms with Gasteiger partial charge in [0.15, 0.2) is 0 Å². The minimum absolute atomic E-state index is 0.00608. The summed E-state index contributed by atoms with van der Waals surface area (Å²) in [5.74, 6) is -0.335. The molecule has 0 saturated carbocycles. The number of aryl methyl sites for hydroxylation is 1. The fourth-order valence-electron chi connectivity index (χ4n) is 3.02. The van der Waals surface area contributed by atoms with Crippen LogP contribution in [0.5, 0.6) is 0 Å². The van der Waals surface area contributed by atoms with E-state index in [1.165, 1.54) is 18.4 Å². The first kappa shape index (κ1) is 17.0. The van der Waals surface area contributed by atoms with Crippen LogP contribution < -0.4 is 5.32 Å². The Morgan fingerprint density at radius 1 is 1.18 bits per heavy atom. The molecule has 0 unspecified atom stereocenters. The Labute approximate surface area is 136 Å². The van der Waals surface area contributed by atoms with Crippen molar-refractivity contribution in [2.75, 3.05) is 12.4 Å². The van der Waals surface area contributed by atoms with Gasteiger partial charge in [0.25, 0.3) is 0 Å². The third kappa shape index (κ3) is 3.51. The molecule has 0 spiro atoms. The Morgan fingerprint density at radius 3 is 2.50 bits per heavy atom. The maximum atomic E-state index is 12.4. The van der Waals surface area contributed by atoms with Crippen molar-refractivity contribution in [1.82, 2.24) is 0 Å². The van der Waals surface area contributed by atoms with Gasteiger partial charge in [-0.25, -0.2) is 4.79 Å². The molecule has 1 heterocycles. The standard InChI is InChI=1S/C17H25NO3S/c1-4-11(5-2)15(19)18-16-14(17(20)21-3)12-9-7-6-8-10-13(12)22-16/h11H,4-10H2,1-3H3,(H,18,19). The smallest absolute Gasteiger partial charge is 0.341 e. The van der Waals surface area contributed by atoms with E-state index in [1.807, 2.05) is 13.8 Å². The SMILES string of the molecule is CCC(CC)C(=O)Nc1sc2c(c1C(=O)OC)CCCCC2. The van der Waals surface area contributed by atoms with Gasteiger partial charge < -0.3 is 10.1 Å². The van der Waals surface area contributed by atoms with Crippen LogP contribution >= 0.6 is 11.3 Å². The van der Waals surface area contributed by atoms with E-state index in [-0.39, 0.29) is 17.8 Å². The lowest BCUT2D eigenvalue weighted by atomic mass is 10.0. The number of hydrogen-bond donors (Lipinski definition) is 1. The van der Waals surface area contributed by atoms with Crippen molar-refractivity contribution >= 4 is 28.2 Å². The van der Waals surface area contributed by atoms with Crippen LogP contribution in [0.1, 0.15) is 66.8 Å². The molecular weight excluding hydrogens is 298 g/mol. The van der Waals surface area contributed by atoms with Crippen molar-refractivity contribution in [1.29, 1.82) is 0 Å². The summed E-state index contributed by atoms with van der Waals surface area (Å²) in [6, 6.07) is 0. The third-order valence-corrected chi connectivity index (χ3v) is 5.61. The van der Waals surface area contributed by atoms with E-state index in [0.29, 0.717) is 10.6 Å². The zero-order valence-electron chi connectivity index (χ0n) is 13.7. The molecule has 1 aromatic rings. The van der Waals surface area contributed by atoms with Gasteiger partial charge in [0.1, 0.15) is 5.00 Å². The van der Waals surface area contributed by atoms with Gasteiger partial charge >= 0.3 is 5.97 Å². The number of carbonyl (C=O) groups excluding carboxylic acids is 2. The number of esters is 1. The first-order chi connectivity index (χ1) is 10.6. The molecule has 122 valence electrons. The third-order valence-electron chi connectivity index (χ3n) is 4.40. The number of ether oxygens (including phenoxy) is 1. The number of methoxy groups -OCH3 is 1. The number of hydrogen-bond acceptors (Lipinski definition) is 4. The van der Waals surface area contributed by atoms with E-state index < -0.39 is 0 Å². The molecule has 1 aromatic heterocycles. The second kappa shape index (κ2) is 7.77. The molecule has 1 aliphatic rings. The molecular formula is C17H25NO3S. The molecule has 0 bridgehead atoms. The predicted octanol–water partition coefficient (Wildman–Crippen LogP) is 4.18. The van der Waals surface area contributed by atoms with Gasteiger partial charge in [0.2, 0.25) is 5.91 Å². The monoisotopic (exact) mass is 323 g/mol. The largest absolute Gasteiger partial charge is 0.465 e. The van der Waals surface area contributed by atoms with Crippen LogP contribution in [0.4, 0.5) is 5.00 Å². The molecule has 1 N–H and O–H groups in total. The average Bonchev–Trinajstić information content (AvgIpc) is 2.69. The van der Waals surface area contributed by atoms with Crippen molar-refractivity contribution in [2.45, 2.75) is 58.8 Å². The number of nitrogens with one attached hydrogen (secondary N) is 1. The van der Waals surface area contributed by atoms with Crippen molar-refractivity contribution in [3.63, 3.8) is 0 Å². The number of rotatable bonds is 5. The van der Waals surface area contributed by atoms with E-state index in [1.54, 1.807) is 11.3 Å². The van der Waals surface area contributed by atoms with Gasteiger partial charge in [-0.05, 0) is 44.1 Å². The second-order valence-corrected chi connectivity index (χ2v) is 6.87. The Hall–Kier alpha value is -1.36. The molecule has 0 fully saturated rings. The minimum atomic E-state index is -0.334. The van der Waals surface area contributed by atoms with Gasteiger partial charge in [-0.1, -0.05) is 20.3 Å². The van der Waals surface area contributed by atoms with Crippen LogP contribution in [0.3, 0.4) is 0 Å². The molecule has 5 heteroatoms. The van der Waals surface area contributed by atoms with Crippen molar-refractivity contribution < 1.29 is 14.3 Å². The Bertz CT molecular complexity index is 546. The molecule has 0 saturated heterocycles. The minimum Gasteiger partial charge on any atom is -0.465 e. The summed E-state index contributed by atoms with van der Waals surface area (Å²) in [5.41, 5.74) is 1.68. The van der Waals surface area contributed by atoms with E-state index in [0.717, 1.165) is 44.1 Å². The molecule has 0 radical (unpaired) electrons. The lowest BCUT2D eigenvalue weighted by Gasteiger charge is -2.13. The van der Waals surface area contributed by atoms with Crippen LogP contribution in [0, 0.1) is 5.92 Å². The molecule has 22 heavy (non-hydrogen) atoms. The fourth-order valence-corrected chi connectivity index (χ4v) is 4.30. The molecule has 2 rings (SSSR count). The summed E-state index contributed by atoms with van der Waals surface area (Å²) in [7, 11) is 1.40. The molecule has 0 atom stereocenters. The number of anilines is 1. The molecule has 4 nitrogen and oxygen atoms in total. The Balaban J connectivity index is 2.34. The van der Waals surface area contributed by atoms with Crippen molar-refractivity contribution in [3.8, 4) is 0 Å². The normalized spacial score (nSPS) is 14.4. The quantitative estimate of drug-likeness (QED) is 0.653. The van der Waals surface area contributed by atoms with Gasteiger partial charge in [-0.3, -0.25) is 4.79 Å². The number of fused-ring (bicyclic) bond motifs is 1. The first-order valence-electron chi connectivity index (χ1n) is 8.16. The summed E-state index contributed by atoms with van der Waals surface area (Å²) in [4.78, 5) is 25.8. The Kier molecular flexibility index (Phi) is 6.00. The molecule has 0 aromatic carbocycles. The topological polar surface area (TPSA) is 55.4 Å². The van der Waals surface area contributed by atoms with Gasteiger partial charge in [0.05, 0.1) is 12.7 Å². The van der Waals surface area contributed by atoms with Crippen LogP contribution in [0.2, 0.25) is 0 Å². The number of carbonyl (C=O) groups is 2. The van der Waals surface area contributed by atoms with E-state index in [4.69, 9.17) is 4.74 Å². The van der Waals surface area contributed by atoms with Crippen LogP contribution in [-0.4, -0.2) is 19.0 Å². The first-order valence-corrected chi connectivity index (χ1v) is 8.97. The summed E-state index contributed by atoms with van der Waals surface area (Å²) in [6.45, 7) is 4.02. The van der Waals surface area contributed by atoms with E-state index in [2.05, 4.69) is 5.32 Å². The van der Waals surface area contributed by atoms with Gasteiger partial charge in [-0.2, -0.15) is 0 Å². The number of amides is 1. The van der Waals surface area contributed by atoms with Crippen molar-refractivity contribution in [3.05, 3.63) is 16.0 Å². The van der Waals surface area contributed by atoms with Crippen molar-refractivity contribution in [2.24, 2.45) is 5.92 Å². The van der Waals surface area contributed by atoms with E-state index in [9.17, 15) is 9.59 Å². The maximum Gasteiger partial charge on any atom is 0.341 e. The summed E-state index contributed by atoms with van der Waals surface area (Å²) in [5, 5.41) is 3.66. The zero-order valence-corrected chi connectivity index (χ0v) is 14.5. The summed E-state index contributed by atoms with van der Waals surface area (Å²) >= 11 is 1.55. The lowest BCUT2D eigenvalue weighted by molar-refractivity contribution is -0.120. The summed E-state index contributed by atoms with van der Waals surface area (Å²) in [6.07, 6.45) is 6.93.